The van der Waals surface area contributed by atoms with Gasteiger partial charge in [-0.3, -0.25) is 14.9 Å². The van der Waals surface area contributed by atoms with Crippen LogP contribution in [0.2, 0.25) is 0 Å². The number of hydrogen-bond donors (Lipinski definition) is 1. The quantitative estimate of drug-likeness (QED) is 0.354. The van der Waals surface area contributed by atoms with E-state index in [0.717, 1.165) is 35.0 Å². The van der Waals surface area contributed by atoms with Gasteiger partial charge in [0.1, 0.15) is 0 Å². The number of nitrogens with zero attached hydrogens (tertiary/aromatic N) is 3. The normalized spacial score (nSPS) is 11.5. The number of nitro groups is 1. The molecule has 1 amide bonds. The topological polar surface area (TPSA) is 123 Å². The largest absolute Gasteiger partial charge is 0.301 e. The molecular formula is C17H22N4O5S2. The molecule has 0 atom stereocenters. The number of anilines is 1. The second-order valence-corrected chi connectivity index (χ2v) is 8.93. The fourth-order valence-corrected chi connectivity index (χ4v) is 4.58. The molecule has 2 rings (SSSR count). The first-order valence-electron chi connectivity index (χ1n) is 8.70. The van der Waals surface area contributed by atoms with Crippen molar-refractivity contribution in [2.75, 3.05) is 18.4 Å². The van der Waals surface area contributed by atoms with Crippen molar-refractivity contribution in [3.05, 3.63) is 45.5 Å². The Bertz CT molecular complexity index is 925. The Morgan fingerprint density at radius 1 is 1.29 bits per heavy atom. The first-order valence-corrected chi connectivity index (χ1v) is 11.0. The maximum atomic E-state index is 13.0. The van der Waals surface area contributed by atoms with Gasteiger partial charge in [0.05, 0.1) is 22.1 Å². The lowest BCUT2D eigenvalue weighted by Crippen LogP contribution is -2.38. The molecular weight excluding hydrogens is 404 g/mol. The molecule has 9 nitrogen and oxygen atoms in total. The Balaban J connectivity index is 2.19. The van der Waals surface area contributed by atoms with Gasteiger partial charge in [-0.2, -0.15) is 4.31 Å². The van der Waals surface area contributed by atoms with Crippen LogP contribution in [0, 0.1) is 17.0 Å². The predicted octanol–water partition coefficient (Wildman–Crippen LogP) is 3.18. The second kappa shape index (κ2) is 9.71. The van der Waals surface area contributed by atoms with Crippen LogP contribution in [-0.2, 0) is 14.8 Å². The highest BCUT2D eigenvalue weighted by atomic mass is 32.2. The fraction of sp³-hybridized carbons (Fsp3) is 0.412. The van der Waals surface area contributed by atoms with Gasteiger partial charge in [-0.25, -0.2) is 13.4 Å². The van der Waals surface area contributed by atoms with Crippen molar-refractivity contribution in [3.8, 4) is 0 Å². The summed E-state index contributed by atoms with van der Waals surface area (Å²) in [6.07, 6.45) is 2.32. The summed E-state index contributed by atoms with van der Waals surface area (Å²) >= 11 is 1.26. The lowest BCUT2D eigenvalue weighted by molar-refractivity contribution is -0.384. The minimum atomic E-state index is -3.97. The Labute approximate surface area is 167 Å². The Morgan fingerprint density at radius 3 is 2.50 bits per heavy atom. The van der Waals surface area contributed by atoms with Crippen LogP contribution >= 0.6 is 11.3 Å². The van der Waals surface area contributed by atoms with Gasteiger partial charge >= 0.3 is 0 Å². The summed E-state index contributed by atoms with van der Waals surface area (Å²) in [5, 5.41) is 15.6. The molecule has 0 aliphatic rings. The van der Waals surface area contributed by atoms with Crippen LogP contribution in [0.4, 0.5) is 10.8 Å². The van der Waals surface area contributed by atoms with Crippen molar-refractivity contribution in [1.82, 2.24) is 9.29 Å². The summed E-state index contributed by atoms with van der Waals surface area (Å²) in [5.74, 6) is -0.490. The van der Waals surface area contributed by atoms with Gasteiger partial charge < -0.3 is 5.32 Å². The summed E-state index contributed by atoms with van der Waals surface area (Å²) in [6.45, 7) is 3.61. The molecule has 11 heteroatoms. The van der Waals surface area contributed by atoms with E-state index in [1.165, 1.54) is 23.5 Å². The fourth-order valence-electron chi connectivity index (χ4n) is 2.44. The maximum absolute atomic E-state index is 13.0. The second-order valence-electron chi connectivity index (χ2n) is 6.14. The number of sulfonamides is 1. The number of hydrogen-bond acceptors (Lipinski definition) is 7. The van der Waals surface area contributed by atoms with Crippen LogP contribution in [0.1, 0.15) is 31.9 Å². The summed E-state index contributed by atoms with van der Waals surface area (Å²) < 4.78 is 27.0. The van der Waals surface area contributed by atoms with E-state index < -0.39 is 20.9 Å². The molecule has 1 N–H and O–H groups in total. The number of nitrogens with one attached hydrogen (secondary N) is 1. The first-order chi connectivity index (χ1) is 13.2. The van der Waals surface area contributed by atoms with Crippen LogP contribution in [-0.4, -0.2) is 41.6 Å². The Hall–Kier alpha value is -2.37. The van der Waals surface area contributed by atoms with E-state index in [1.807, 2.05) is 6.92 Å². The molecule has 0 saturated carbocycles. The van der Waals surface area contributed by atoms with E-state index in [0.29, 0.717) is 11.6 Å². The molecule has 0 radical (unpaired) electrons. The van der Waals surface area contributed by atoms with E-state index in [2.05, 4.69) is 10.3 Å². The molecule has 152 valence electrons. The van der Waals surface area contributed by atoms with Gasteiger partial charge in [-0.05, 0) is 25.5 Å². The average molecular weight is 427 g/mol. The number of thiazole rings is 1. The lowest BCUT2D eigenvalue weighted by atomic mass is 10.2. The number of unbranched alkanes of at least 4 members (excludes halogenated alkanes) is 2. The molecule has 0 unspecified atom stereocenters. The number of carbonyl (C=O) groups is 1. The number of non-ortho nitro benzene ring substituents is 1. The molecule has 0 fully saturated rings. The summed E-state index contributed by atoms with van der Waals surface area (Å²) in [4.78, 5) is 26.6. The van der Waals surface area contributed by atoms with Gasteiger partial charge in [0.25, 0.3) is 5.69 Å². The number of rotatable bonds is 10. The number of nitro benzene ring substituents is 1. The Morgan fingerprint density at radius 2 is 1.96 bits per heavy atom. The van der Waals surface area contributed by atoms with Crippen LogP contribution in [0.5, 0.6) is 0 Å². The SMILES string of the molecule is CCCCCN(CC(=O)Nc1nc(C)cs1)S(=O)(=O)c1ccc([N+](=O)[O-])cc1. The zero-order valence-corrected chi connectivity index (χ0v) is 17.3. The van der Waals surface area contributed by atoms with Gasteiger partial charge in [-0.1, -0.05) is 19.8 Å². The first kappa shape index (κ1) is 21.9. The number of benzene rings is 1. The molecule has 0 aliphatic carbocycles. The third-order valence-electron chi connectivity index (χ3n) is 3.88. The molecule has 1 heterocycles. The smallest absolute Gasteiger partial charge is 0.269 e. The van der Waals surface area contributed by atoms with Crippen molar-refractivity contribution < 1.29 is 18.1 Å². The van der Waals surface area contributed by atoms with Crippen molar-refractivity contribution in [2.24, 2.45) is 0 Å². The van der Waals surface area contributed by atoms with Crippen molar-refractivity contribution in [3.63, 3.8) is 0 Å². The van der Waals surface area contributed by atoms with Gasteiger partial charge in [0.15, 0.2) is 5.13 Å². The number of amides is 1. The Kier molecular flexibility index (Phi) is 7.61. The number of carbonyl (C=O) groups excluding carboxylic acids is 1. The van der Waals surface area contributed by atoms with Crippen LogP contribution in [0.15, 0.2) is 34.5 Å². The van der Waals surface area contributed by atoms with Crippen LogP contribution in [0.25, 0.3) is 0 Å². The standard InChI is InChI=1S/C17H22N4O5S2/c1-3-4-5-10-20(11-16(22)19-17-18-13(2)12-27-17)28(25,26)15-8-6-14(7-9-15)21(23)24/h6-9,12H,3-5,10-11H2,1-2H3,(H,18,19,22). The lowest BCUT2D eigenvalue weighted by Gasteiger charge is -2.21. The molecule has 0 aliphatic heterocycles. The highest BCUT2D eigenvalue weighted by molar-refractivity contribution is 7.89. The minimum absolute atomic E-state index is 0.0903. The predicted molar refractivity (Wildman–Crippen MR) is 107 cm³/mol. The van der Waals surface area contributed by atoms with Crippen LogP contribution in [0.3, 0.4) is 0 Å². The third kappa shape index (κ3) is 5.81. The maximum Gasteiger partial charge on any atom is 0.269 e. The molecule has 0 spiro atoms. The van der Waals surface area contributed by atoms with Crippen LogP contribution < -0.4 is 5.32 Å². The van der Waals surface area contributed by atoms with Crippen molar-refractivity contribution in [1.29, 1.82) is 0 Å². The van der Waals surface area contributed by atoms with E-state index >= 15 is 0 Å². The highest BCUT2D eigenvalue weighted by Crippen LogP contribution is 2.21. The zero-order chi connectivity index (χ0) is 20.7. The third-order valence-corrected chi connectivity index (χ3v) is 6.62. The zero-order valence-electron chi connectivity index (χ0n) is 15.6. The molecule has 1 aromatic heterocycles. The molecule has 1 aromatic carbocycles. The number of aryl methyl sites for hydroxylation is 1. The van der Waals surface area contributed by atoms with Gasteiger partial charge in [0, 0.05) is 24.1 Å². The van der Waals surface area contributed by atoms with Crippen molar-refractivity contribution in [2.45, 2.75) is 38.0 Å². The van der Waals surface area contributed by atoms with E-state index in [-0.39, 0.29) is 23.7 Å². The highest BCUT2D eigenvalue weighted by Gasteiger charge is 2.27. The monoisotopic (exact) mass is 426 g/mol. The van der Waals surface area contributed by atoms with Gasteiger partial charge in [-0.15, -0.1) is 11.3 Å². The summed E-state index contributed by atoms with van der Waals surface area (Å²) in [6, 6.07) is 4.63. The van der Waals surface area contributed by atoms with Gasteiger partial charge in [0.2, 0.25) is 15.9 Å². The molecule has 28 heavy (non-hydrogen) atoms. The summed E-state index contributed by atoms with van der Waals surface area (Å²) in [5.41, 5.74) is 0.562. The van der Waals surface area contributed by atoms with E-state index in [9.17, 15) is 23.3 Å². The molecule has 0 saturated heterocycles. The number of aromatic nitrogens is 1. The minimum Gasteiger partial charge on any atom is -0.301 e. The average Bonchev–Trinajstić information content (AvgIpc) is 3.05. The van der Waals surface area contributed by atoms with E-state index in [4.69, 9.17) is 0 Å². The molecule has 0 bridgehead atoms. The van der Waals surface area contributed by atoms with E-state index in [1.54, 1.807) is 12.3 Å². The summed E-state index contributed by atoms with van der Waals surface area (Å²) in [7, 11) is -3.97. The van der Waals surface area contributed by atoms with Crippen molar-refractivity contribution >= 4 is 38.1 Å². The molecule has 2 aromatic rings.